The Morgan fingerprint density at radius 1 is 1.12 bits per heavy atom. The third kappa shape index (κ3) is 5.01. The number of amides is 1. The van der Waals surface area contributed by atoms with Crippen LogP contribution in [-0.2, 0) is 21.5 Å². The van der Waals surface area contributed by atoms with E-state index in [9.17, 15) is 13.2 Å². The molecule has 1 heterocycles. The summed E-state index contributed by atoms with van der Waals surface area (Å²) in [7, 11) is -0.927. The molecule has 0 aliphatic heterocycles. The predicted octanol–water partition coefficient (Wildman–Crippen LogP) is 1.32. The molecule has 2 rings (SSSR count). The van der Waals surface area contributed by atoms with E-state index < -0.39 is 16.1 Å². The number of anilines is 1. The number of aromatic nitrogens is 1. The first-order chi connectivity index (χ1) is 11.8. The Bertz CT molecular complexity index is 806. The lowest BCUT2D eigenvalue weighted by atomic mass is 10.2. The Hall–Kier alpha value is -2.45. The number of nitrogens with one attached hydrogen (secondary N) is 1. The first-order valence-electron chi connectivity index (χ1n) is 7.74. The summed E-state index contributed by atoms with van der Waals surface area (Å²) in [5, 5.41) is 2.70. The molecule has 2 aromatic rings. The molecule has 8 heteroatoms. The molecule has 0 aliphatic rings. The van der Waals surface area contributed by atoms with Gasteiger partial charge in [0.25, 0.3) is 0 Å². The number of carbonyl (C=O) groups excluding carboxylic acids is 1. The zero-order valence-corrected chi connectivity index (χ0v) is 15.3. The van der Waals surface area contributed by atoms with Gasteiger partial charge in [0.05, 0.1) is 17.9 Å². The Kier molecular flexibility index (Phi) is 6.11. The van der Waals surface area contributed by atoms with Crippen molar-refractivity contribution in [2.45, 2.75) is 13.5 Å². The van der Waals surface area contributed by atoms with Gasteiger partial charge in [-0.25, -0.2) is 4.31 Å². The summed E-state index contributed by atoms with van der Waals surface area (Å²) < 4.78 is 27.3. The lowest BCUT2D eigenvalue weighted by molar-refractivity contribution is -0.119. The van der Waals surface area contributed by atoms with Gasteiger partial charge in [0, 0.05) is 20.3 Å². The van der Waals surface area contributed by atoms with E-state index in [-0.39, 0.29) is 13.1 Å². The van der Waals surface area contributed by atoms with Gasteiger partial charge in [-0.15, -0.1) is 0 Å². The van der Waals surface area contributed by atoms with Crippen LogP contribution in [0.15, 0.2) is 48.7 Å². The van der Waals surface area contributed by atoms with Crippen molar-refractivity contribution in [3.8, 4) is 0 Å². The third-order valence-corrected chi connectivity index (χ3v) is 5.36. The second-order valence-corrected chi connectivity index (χ2v) is 7.80. The van der Waals surface area contributed by atoms with Crippen LogP contribution in [-0.4, -0.2) is 44.3 Å². The van der Waals surface area contributed by atoms with Crippen molar-refractivity contribution < 1.29 is 13.2 Å². The van der Waals surface area contributed by atoms with E-state index in [1.54, 1.807) is 42.6 Å². The van der Waals surface area contributed by atoms with Gasteiger partial charge in [-0.3, -0.25) is 9.78 Å². The van der Waals surface area contributed by atoms with Crippen molar-refractivity contribution in [1.29, 1.82) is 0 Å². The van der Waals surface area contributed by atoms with Gasteiger partial charge in [0.2, 0.25) is 5.91 Å². The predicted molar refractivity (Wildman–Crippen MR) is 97.2 cm³/mol. The number of carbonyl (C=O) groups is 1. The molecule has 1 aromatic carbocycles. The van der Waals surface area contributed by atoms with Crippen LogP contribution < -0.4 is 9.62 Å². The van der Waals surface area contributed by atoms with Crippen LogP contribution in [0.1, 0.15) is 11.3 Å². The Labute approximate surface area is 148 Å². The van der Waals surface area contributed by atoms with Crippen LogP contribution in [0.5, 0.6) is 0 Å². The second kappa shape index (κ2) is 8.09. The quantitative estimate of drug-likeness (QED) is 0.805. The highest BCUT2D eigenvalue weighted by atomic mass is 32.2. The van der Waals surface area contributed by atoms with Gasteiger partial charge in [0.15, 0.2) is 0 Å². The van der Waals surface area contributed by atoms with Crippen LogP contribution >= 0.6 is 0 Å². The number of pyridine rings is 1. The van der Waals surface area contributed by atoms with Gasteiger partial charge < -0.3 is 5.32 Å². The maximum atomic E-state index is 12.6. The minimum absolute atomic E-state index is 0.240. The van der Waals surface area contributed by atoms with E-state index in [4.69, 9.17) is 0 Å². The molecule has 0 fully saturated rings. The molecule has 1 N–H and O–H groups in total. The molecule has 0 atom stereocenters. The average molecular weight is 362 g/mol. The van der Waals surface area contributed by atoms with Gasteiger partial charge in [0.1, 0.15) is 6.54 Å². The smallest absolute Gasteiger partial charge is 0.304 e. The molecule has 134 valence electrons. The van der Waals surface area contributed by atoms with Crippen LogP contribution in [0.3, 0.4) is 0 Å². The third-order valence-electron chi connectivity index (χ3n) is 3.54. The van der Waals surface area contributed by atoms with Crippen LogP contribution in [0, 0.1) is 6.92 Å². The molecular formula is C17H22N4O3S. The minimum Gasteiger partial charge on any atom is -0.349 e. The zero-order chi connectivity index (χ0) is 18.4. The maximum Gasteiger partial charge on any atom is 0.304 e. The molecular weight excluding hydrogens is 340 g/mol. The number of aryl methyl sites for hydroxylation is 1. The number of hydrogen-bond donors (Lipinski definition) is 1. The molecule has 0 aliphatic carbocycles. The fourth-order valence-corrected chi connectivity index (χ4v) is 3.16. The summed E-state index contributed by atoms with van der Waals surface area (Å²) in [5.74, 6) is -0.406. The van der Waals surface area contributed by atoms with Crippen LogP contribution in [0.25, 0.3) is 0 Å². The molecule has 7 nitrogen and oxygen atoms in total. The molecule has 0 bridgehead atoms. The largest absolute Gasteiger partial charge is 0.349 e. The fraction of sp³-hybridized carbons (Fsp3) is 0.294. The Morgan fingerprint density at radius 3 is 2.36 bits per heavy atom. The van der Waals surface area contributed by atoms with E-state index in [2.05, 4.69) is 10.3 Å². The van der Waals surface area contributed by atoms with E-state index in [1.165, 1.54) is 14.1 Å². The van der Waals surface area contributed by atoms with Gasteiger partial charge >= 0.3 is 10.2 Å². The van der Waals surface area contributed by atoms with E-state index in [1.807, 2.05) is 13.0 Å². The van der Waals surface area contributed by atoms with E-state index >= 15 is 0 Å². The second-order valence-electron chi connectivity index (χ2n) is 5.73. The highest BCUT2D eigenvalue weighted by Gasteiger charge is 2.27. The average Bonchev–Trinajstić information content (AvgIpc) is 2.59. The van der Waals surface area contributed by atoms with Gasteiger partial charge in [-0.05, 0) is 31.2 Å². The van der Waals surface area contributed by atoms with Crippen molar-refractivity contribution in [2.75, 3.05) is 24.9 Å². The molecule has 0 unspecified atom stereocenters. The monoisotopic (exact) mass is 362 g/mol. The Balaban J connectivity index is 2.15. The van der Waals surface area contributed by atoms with E-state index in [0.29, 0.717) is 11.4 Å². The first-order valence-corrected chi connectivity index (χ1v) is 9.14. The summed E-state index contributed by atoms with van der Waals surface area (Å²) in [6, 6.07) is 12.4. The fourth-order valence-electron chi connectivity index (χ4n) is 2.09. The number of hydrogen-bond acceptors (Lipinski definition) is 4. The summed E-state index contributed by atoms with van der Waals surface area (Å²) in [6.45, 7) is 1.84. The Morgan fingerprint density at radius 2 is 1.80 bits per heavy atom. The molecule has 0 saturated heterocycles. The number of rotatable bonds is 7. The molecule has 25 heavy (non-hydrogen) atoms. The summed E-state index contributed by atoms with van der Waals surface area (Å²) in [6.07, 6.45) is 1.64. The lowest BCUT2D eigenvalue weighted by Gasteiger charge is -2.27. The SMILES string of the molecule is Cc1ccc(N(CC(=O)NCc2ccccn2)S(=O)(=O)N(C)C)cc1. The first kappa shape index (κ1) is 18.9. The molecule has 0 radical (unpaired) electrons. The molecule has 0 spiro atoms. The summed E-state index contributed by atoms with van der Waals surface area (Å²) in [4.78, 5) is 16.4. The van der Waals surface area contributed by atoms with Crippen molar-refractivity contribution in [3.05, 3.63) is 59.9 Å². The van der Waals surface area contributed by atoms with Crippen molar-refractivity contribution in [1.82, 2.24) is 14.6 Å². The van der Waals surface area contributed by atoms with Crippen molar-refractivity contribution in [2.24, 2.45) is 0 Å². The normalized spacial score (nSPS) is 11.4. The number of nitrogens with zero attached hydrogens (tertiary/aromatic N) is 3. The summed E-state index contributed by atoms with van der Waals surface area (Å²) in [5.41, 5.74) is 2.14. The maximum absolute atomic E-state index is 12.6. The van der Waals surface area contributed by atoms with E-state index in [0.717, 1.165) is 14.2 Å². The number of benzene rings is 1. The topological polar surface area (TPSA) is 82.6 Å². The minimum atomic E-state index is -3.79. The van der Waals surface area contributed by atoms with Gasteiger partial charge in [-0.1, -0.05) is 23.8 Å². The molecule has 1 aromatic heterocycles. The molecule has 1 amide bonds. The standard InChI is InChI=1S/C17H22N4O3S/c1-14-7-9-16(10-8-14)21(25(23,24)20(2)3)13-17(22)19-12-15-6-4-5-11-18-15/h4-11H,12-13H2,1-3H3,(H,19,22). The highest BCUT2D eigenvalue weighted by molar-refractivity contribution is 7.90. The lowest BCUT2D eigenvalue weighted by Crippen LogP contribution is -2.45. The highest BCUT2D eigenvalue weighted by Crippen LogP contribution is 2.19. The molecule has 0 saturated carbocycles. The van der Waals surface area contributed by atoms with Gasteiger partial charge in [-0.2, -0.15) is 12.7 Å². The van der Waals surface area contributed by atoms with Crippen LogP contribution in [0.4, 0.5) is 5.69 Å². The zero-order valence-electron chi connectivity index (χ0n) is 14.5. The summed E-state index contributed by atoms with van der Waals surface area (Å²) >= 11 is 0. The van der Waals surface area contributed by atoms with Crippen molar-refractivity contribution in [3.63, 3.8) is 0 Å². The van der Waals surface area contributed by atoms with Crippen LogP contribution in [0.2, 0.25) is 0 Å². The van der Waals surface area contributed by atoms with Crippen molar-refractivity contribution >= 4 is 21.8 Å².